The minimum Gasteiger partial charge on any atom is -0.287 e. The van der Waals surface area contributed by atoms with Gasteiger partial charge in [-0.25, -0.2) is 0 Å². The molecule has 0 atom stereocenters. The van der Waals surface area contributed by atoms with Crippen LogP contribution < -0.4 is 0 Å². The van der Waals surface area contributed by atoms with Crippen molar-refractivity contribution < 1.29 is 18.4 Å². The van der Waals surface area contributed by atoms with Crippen LogP contribution in [0.25, 0.3) is 0 Å². The van der Waals surface area contributed by atoms with E-state index < -0.39 is 23.2 Å². The van der Waals surface area contributed by atoms with Gasteiger partial charge in [0.2, 0.25) is 23.2 Å². The van der Waals surface area contributed by atoms with Crippen molar-refractivity contribution in [2.45, 2.75) is 0 Å². The first-order valence-electron chi connectivity index (χ1n) is 2.45. The van der Waals surface area contributed by atoms with Gasteiger partial charge < -0.3 is 0 Å². The van der Waals surface area contributed by atoms with Crippen LogP contribution in [0.15, 0.2) is 23.8 Å². The highest BCUT2D eigenvalue weighted by atomic mass is 35.5. The Hall–Kier alpha value is -1.03. The van der Waals surface area contributed by atoms with Gasteiger partial charge in [-0.15, -0.1) is 12.4 Å². The highest BCUT2D eigenvalue weighted by Crippen LogP contribution is 2.15. The van der Waals surface area contributed by atoms with Crippen molar-refractivity contribution in [1.82, 2.24) is 0 Å². The summed E-state index contributed by atoms with van der Waals surface area (Å²) in [7, 11) is 0. The van der Waals surface area contributed by atoms with Gasteiger partial charge in [0.15, 0.2) is 0 Å². The van der Waals surface area contributed by atoms with Gasteiger partial charge in [-0.3, -0.25) is 9.59 Å². The van der Waals surface area contributed by atoms with Crippen molar-refractivity contribution in [2.75, 3.05) is 0 Å². The van der Waals surface area contributed by atoms with Crippen LogP contribution in [0.5, 0.6) is 0 Å². The van der Waals surface area contributed by atoms with Crippen molar-refractivity contribution in [2.24, 2.45) is 0 Å². The predicted molar refractivity (Wildman–Crippen MR) is 35.6 cm³/mol. The molecule has 0 unspecified atom stereocenters. The monoisotopic (exact) mass is 180 g/mol. The molecule has 0 saturated heterocycles. The first-order valence-corrected chi connectivity index (χ1v) is 2.45. The number of halogens is 3. The van der Waals surface area contributed by atoms with Gasteiger partial charge in [0.25, 0.3) is 0 Å². The Bertz CT molecular complexity index is 242. The first kappa shape index (κ1) is 9.97. The summed E-state index contributed by atoms with van der Waals surface area (Å²) < 4.78 is 24.2. The van der Waals surface area contributed by atoms with Gasteiger partial charge in [0.1, 0.15) is 0 Å². The fourth-order valence-electron chi connectivity index (χ4n) is 0.514. The lowest BCUT2D eigenvalue weighted by Crippen LogP contribution is -2.08. The fourth-order valence-corrected chi connectivity index (χ4v) is 0.514. The SMILES string of the molecule is Cl.O=C1C=CC(=O)C(F)=C1F. The average Bonchev–Trinajstić information content (AvgIpc) is 1.93. The molecule has 0 aliphatic heterocycles. The molecule has 0 fully saturated rings. The topological polar surface area (TPSA) is 34.1 Å². The van der Waals surface area contributed by atoms with Crippen molar-refractivity contribution in [1.29, 1.82) is 0 Å². The van der Waals surface area contributed by atoms with Gasteiger partial charge in [0.05, 0.1) is 0 Å². The summed E-state index contributed by atoms with van der Waals surface area (Å²) in [6.45, 7) is 0. The number of carbonyl (C=O) groups excluding carboxylic acids is 2. The summed E-state index contributed by atoms with van der Waals surface area (Å²) in [5, 5.41) is 0. The Kier molecular flexibility index (Phi) is 3.07. The van der Waals surface area contributed by atoms with Gasteiger partial charge >= 0.3 is 0 Å². The van der Waals surface area contributed by atoms with E-state index in [2.05, 4.69) is 0 Å². The summed E-state index contributed by atoms with van der Waals surface area (Å²) in [4.78, 5) is 20.5. The zero-order valence-corrected chi connectivity index (χ0v) is 5.95. The third-order valence-electron chi connectivity index (χ3n) is 1.01. The molecular formula is C6H3ClF2O2. The zero-order chi connectivity index (χ0) is 7.72. The molecule has 0 amide bonds. The summed E-state index contributed by atoms with van der Waals surface area (Å²) in [6, 6.07) is 0. The standard InChI is InChI=1S/C6H2F2O2.ClH/c7-5-3(9)1-2-4(10)6(5)8;/h1-2H;1H. The first-order chi connectivity index (χ1) is 4.63. The number of rotatable bonds is 0. The summed E-state index contributed by atoms with van der Waals surface area (Å²) in [5.74, 6) is -5.41. The summed E-state index contributed by atoms with van der Waals surface area (Å²) >= 11 is 0. The molecule has 1 rings (SSSR count). The highest BCUT2D eigenvalue weighted by molar-refractivity contribution is 6.17. The molecular weight excluding hydrogens is 178 g/mol. The lowest BCUT2D eigenvalue weighted by atomic mass is 10.1. The van der Waals surface area contributed by atoms with Gasteiger partial charge in [0, 0.05) is 0 Å². The molecule has 0 heterocycles. The van der Waals surface area contributed by atoms with E-state index in [1.165, 1.54) is 0 Å². The van der Waals surface area contributed by atoms with Gasteiger partial charge in [-0.1, -0.05) is 0 Å². The quantitative estimate of drug-likeness (QED) is 0.526. The van der Waals surface area contributed by atoms with E-state index in [4.69, 9.17) is 0 Å². The average molecular weight is 181 g/mol. The molecule has 0 N–H and O–H groups in total. The zero-order valence-electron chi connectivity index (χ0n) is 5.14. The Morgan fingerprint density at radius 1 is 0.909 bits per heavy atom. The minimum atomic E-state index is -1.60. The van der Waals surface area contributed by atoms with E-state index >= 15 is 0 Å². The third kappa shape index (κ3) is 1.71. The molecule has 0 radical (unpaired) electrons. The van der Waals surface area contributed by atoms with Crippen LogP contribution in [-0.2, 0) is 9.59 Å². The second kappa shape index (κ2) is 3.39. The van der Waals surface area contributed by atoms with E-state index in [0.717, 1.165) is 0 Å². The Morgan fingerprint density at radius 2 is 1.18 bits per heavy atom. The van der Waals surface area contributed by atoms with Crippen LogP contribution in [-0.4, -0.2) is 11.6 Å². The molecule has 0 aromatic heterocycles. The second-order valence-corrected chi connectivity index (χ2v) is 1.69. The lowest BCUT2D eigenvalue weighted by molar-refractivity contribution is -0.117. The normalized spacial score (nSPS) is 16.9. The van der Waals surface area contributed by atoms with E-state index in [9.17, 15) is 18.4 Å². The molecule has 0 spiro atoms. The van der Waals surface area contributed by atoms with Crippen molar-refractivity contribution >= 4 is 24.0 Å². The predicted octanol–water partition coefficient (Wildman–Crippen LogP) is 1.27. The third-order valence-corrected chi connectivity index (χ3v) is 1.01. The van der Waals surface area contributed by atoms with E-state index in [1.807, 2.05) is 0 Å². The van der Waals surface area contributed by atoms with Crippen LogP contribution >= 0.6 is 12.4 Å². The number of hydrogen-bond acceptors (Lipinski definition) is 2. The Morgan fingerprint density at radius 3 is 1.45 bits per heavy atom. The van der Waals surface area contributed by atoms with E-state index in [1.54, 1.807) is 0 Å². The lowest BCUT2D eigenvalue weighted by Gasteiger charge is -1.97. The maximum atomic E-state index is 12.1. The van der Waals surface area contributed by atoms with Gasteiger partial charge in [-0.05, 0) is 12.2 Å². The van der Waals surface area contributed by atoms with E-state index in [0.29, 0.717) is 12.2 Å². The van der Waals surface area contributed by atoms with Crippen molar-refractivity contribution in [3.63, 3.8) is 0 Å². The van der Waals surface area contributed by atoms with Crippen molar-refractivity contribution in [3.8, 4) is 0 Å². The van der Waals surface area contributed by atoms with Crippen LogP contribution in [0.1, 0.15) is 0 Å². The maximum absolute atomic E-state index is 12.1. The molecule has 11 heavy (non-hydrogen) atoms. The Balaban J connectivity index is 0.000001000. The number of carbonyl (C=O) groups is 2. The maximum Gasteiger partial charge on any atom is 0.217 e. The minimum absolute atomic E-state index is 0. The molecule has 0 aromatic rings. The summed E-state index contributed by atoms with van der Waals surface area (Å²) in [5.41, 5.74) is 0. The molecule has 0 aromatic carbocycles. The van der Waals surface area contributed by atoms with Crippen LogP contribution in [0.2, 0.25) is 0 Å². The molecule has 0 saturated carbocycles. The van der Waals surface area contributed by atoms with Crippen LogP contribution in [0.4, 0.5) is 8.78 Å². The molecule has 0 bridgehead atoms. The molecule has 60 valence electrons. The smallest absolute Gasteiger partial charge is 0.217 e. The fraction of sp³-hybridized carbons (Fsp3) is 0. The number of allylic oxidation sites excluding steroid dienone is 4. The number of hydrogen-bond donors (Lipinski definition) is 0. The second-order valence-electron chi connectivity index (χ2n) is 1.69. The molecule has 1 aliphatic rings. The van der Waals surface area contributed by atoms with Crippen molar-refractivity contribution in [3.05, 3.63) is 23.8 Å². The van der Waals surface area contributed by atoms with Gasteiger partial charge in [-0.2, -0.15) is 8.78 Å². The van der Waals surface area contributed by atoms with Crippen LogP contribution in [0, 0.1) is 0 Å². The Labute approximate surface area is 67.0 Å². The molecule has 2 nitrogen and oxygen atoms in total. The molecule has 1 aliphatic carbocycles. The summed E-state index contributed by atoms with van der Waals surface area (Å²) in [6.07, 6.45) is 1.39. The highest BCUT2D eigenvalue weighted by Gasteiger charge is 2.22. The largest absolute Gasteiger partial charge is 0.287 e. The van der Waals surface area contributed by atoms with Crippen LogP contribution in [0.3, 0.4) is 0 Å². The molecule has 5 heteroatoms. The number of ketones is 2. The van der Waals surface area contributed by atoms with E-state index in [-0.39, 0.29) is 12.4 Å².